The van der Waals surface area contributed by atoms with Crippen molar-refractivity contribution in [3.05, 3.63) is 48.5 Å². The van der Waals surface area contributed by atoms with E-state index in [9.17, 15) is 0 Å². The van der Waals surface area contributed by atoms with Gasteiger partial charge in [-0.2, -0.15) is 5.26 Å². The van der Waals surface area contributed by atoms with Gasteiger partial charge in [0, 0.05) is 24.5 Å². The molecule has 8 heteroatoms. The van der Waals surface area contributed by atoms with E-state index in [1.807, 2.05) is 42.5 Å². The number of para-hydroxylation sites is 1. The van der Waals surface area contributed by atoms with Gasteiger partial charge in [0.1, 0.15) is 5.75 Å². The highest BCUT2D eigenvalue weighted by Crippen LogP contribution is 2.37. The monoisotopic (exact) mass is 468 g/mol. The second-order valence-electron chi connectivity index (χ2n) is 9.10. The Morgan fingerprint density at radius 2 is 1.97 bits per heavy atom. The number of benzene rings is 2. The summed E-state index contributed by atoms with van der Waals surface area (Å²) in [6, 6.07) is 15.6. The first kappa shape index (κ1) is 24.7. The van der Waals surface area contributed by atoms with Gasteiger partial charge in [0.25, 0.3) is 0 Å². The van der Waals surface area contributed by atoms with Gasteiger partial charge in [-0.1, -0.05) is 45.9 Å². The van der Waals surface area contributed by atoms with E-state index in [-0.39, 0.29) is 18.2 Å². The van der Waals surface area contributed by atoms with Crippen molar-refractivity contribution in [2.75, 3.05) is 26.4 Å². The Bertz CT molecular complexity index is 973. The van der Waals surface area contributed by atoms with E-state index in [4.69, 9.17) is 19.5 Å². The largest absolute Gasteiger partial charge is 0.454 e. The number of hydrogen-bond donors (Lipinski definition) is 1. The van der Waals surface area contributed by atoms with Gasteiger partial charge >= 0.3 is 6.02 Å². The van der Waals surface area contributed by atoms with Crippen LogP contribution in [0.2, 0.25) is 0 Å². The molecular formula is C25H32N4O3S. The maximum Gasteiger partial charge on any atom is 0.305 e. The Morgan fingerprint density at radius 3 is 2.70 bits per heavy atom. The number of ether oxygens (including phenoxy) is 3. The van der Waals surface area contributed by atoms with Crippen LogP contribution < -0.4 is 19.5 Å². The van der Waals surface area contributed by atoms with Gasteiger partial charge in [0.05, 0.1) is 0 Å². The van der Waals surface area contributed by atoms with E-state index in [0.717, 1.165) is 35.9 Å². The molecule has 0 unspecified atom stereocenters. The third kappa shape index (κ3) is 8.19. The number of nitriles is 1. The van der Waals surface area contributed by atoms with Gasteiger partial charge in [-0.3, -0.25) is 0 Å². The van der Waals surface area contributed by atoms with Gasteiger partial charge < -0.3 is 19.5 Å². The van der Waals surface area contributed by atoms with Crippen LogP contribution in [0.1, 0.15) is 34.1 Å². The SMILES string of the molecule is CC(C)CN(CC(C)(C)CCN/C(=N/C#N)Oc1ccccc1)Sc1ccc2c(c1)OCO2. The van der Waals surface area contributed by atoms with E-state index in [1.54, 1.807) is 18.1 Å². The lowest BCUT2D eigenvalue weighted by molar-refractivity contribution is 0.174. The second kappa shape index (κ2) is 11.8. The van der Waals surface area contributed by atoms with Crippen molar-refractivity contribution in [3.63, 3.8) is 0 Å². The predicted molar refractivity (Wildman–Crippen MR) is 131 cm³/mol. The number of nitrogens with one attached hydrogen (secondary N) is 1. The molecule has 1 heterocycles. The first-order valence-electron chi connectivity index (χ1n) is 11.1. The molecule has 1 aliphatic heterocycles. The van der Waals surface area contributed by atoms with E-state index < -0.39 is 0 Å². The number of fused-ring (bicyclic) bond motifs is 1. The summed E-state index contributed by atoms with van der Waals surface area (Å²) in [6.45, 7) is 11.8. The van der Waals surface area contributed by atoms with E-state index in [2.05, 4.69) is 48.4 Å². The zero-order valence-corrected chi connectivity index (χ0v) is 20.5. The molecule has 3 rings (SSSR count). The fraction of sp³-hybridized carbons (Fsp3) is 0.440. The summed E-state index contributed by atoms with van der Waals surface area (Å²) in [4.78, 5) is 4.91. The minimum absolute atomic E-state index is 0.0235. The Labute approximate surface area is 200 Å². The molecule has 0 spiro atoms. The number of rotatable bonds is 10. The molecule has 0 amide bonds. The van der Waals surface area contributed by atoms with Crippen molar-refractivity contribution in [1.82, 2.24) is 9.62 Å². The lowest BCUT2D eigenvalue weighted by Crippen LogP contribution is -2.36. The summed E-state index contributed by atoms with van der Waals surface area (Å²) in [6.07, 6.45) is 2.69. The maximum absolute atomic E-state index is 8.99. The molecule has 33 heavy (non-hydrogen) atoms. The maximum atomic E-state index is 8.99. The average molecular weight is 469 g/mol. The van der Waals surface area contributed by atoms with Crippen molar-refractivity contribution in [3.8, 4) is 23.4 Å². The number of hydrogen-bond acceptors (Lipinski definition) is 7. The first-order chi connectivity index (χ1) is 15.8. The van der Waals surface area contributed by atoms with Gasteiger partial charge in [0.2, 0.25) is 13.0 Å². The van der Waals surface area contributed by atoms with Crippen LogP contribution in [-0.2, 0) is 0 Å². The Balaban J connectivity index is 1.56. The van der Waals surface area contributed by atoms with Gasteiger partial charge in [-0.05, 0) is 60.0 Å². The third-order valence-electron chi connectivity index (χ3n) is 4.94. The van der Waals surface area contributed by atoms with Crippen LogP contribution in [0.15, 0.2) is 58.4 Å². The molecule has 0 aromatic heterocycles. The molecule has 7 nitrogen and oxygen atoms in total. The zero-order valence-electron chi connectivity index (χ0n) is 19.7. The van der Waals surface area contributed by atoms with Crippen LogP contribution in [0.3, 0.4) is 0 Å². The molecule has 0 aliphatic carbocycles. The minimum atomic E-state index is 0.0235. The molecule has 0 fully saturated rings. The average Bonchev–Trinajstić information content (AvgIpc) is 3.21. The van der Waals surface area contributed by atoms with Gasteiger partial charge in [-0.25, -0.2) is 4.31 Å². The molecular weight excluding hydrogens is 436 g/mol. The van der Waals surface area contributed by atoms with Crippen molar-refractivity contribution >= 4 is 18.0 Å². The fourth-order valence-electron chi connectivity index (χ4n) is 3.43. The highest BCUT2D eigenvalue weighted by molar-refractivity contribution is 7.97. The third-order valence-corrected chi connectivity index (χ3v) is 5.94. The van der Waals surface area contributed by atoms with Crippen LogP contribution in [-0.4, -0.2) is 36.8 Å². The summed E-state index contributed by atoms with van der Waals surface area (Å²) in [7, 11) is 0. The normalized spacial score (nSPS) is 13.3. The van der Waals surface area contributed by atoms with Crippen LogP contribution in [0, 0.1) is 22.8 Å². The molecule has 0 radical (unpaired) electrons. The number of nitrogens with zero attached hydrogens (tertiary/aromatic N) is 3. The summed E-state index contributed by atoms with van der Waals surface area (Å²) in [5.74, 6) is 2.78. The number of aliphatic imine (C=N–C) groups is 1. The molecule has 0 saturated carbocycles. The number of amidine groups is 1. The standard InChI is InChI=1S/C25H32N4O3S/c1-19(2)15-29(33-21-10-11-22-23(14-21)31-18-30-22)16-25(3,4)12-13-27-24(28-17-26)32-20-8-6-5-7-9-20/h5-11,14,19H,12-13,15-16,18H2,1-4H3,(H,27,28). The lowest BCUT2D eigenvalue weighted by atomic mass is 9.89. The summed E-state index contributed by atoms with van der Waals surface area (Å²) in [5, 5.41) is 12.2. The second-order valence-corrected chi connectivity index (χ2v) is 10.3. The molecule has 2 aromatic rings. The molecule has 1 N–H and O–H groups in total. The van der Waals surface area contributed by atoms with Crippen LogP contribution >= 0.6 is 11.9 Å². The highest BCUT2D eigenvalue weighted by atomic mass is 32.2. The van der Waals surface area contributed by atoms with E-state index in [0.29, 0.717) is 18.2 Å². The molecule has 2 aromatic carbocycles. The quantitative estimate of drug-likeness (QED) is 0.219. The minimum Gasteiger partial charge on any atom is -0.454 e. The van der Waals surface area contributed by atoms with E-state index in [1.165, 1.54) is 0 Å². The van der Waals surface area contributed by atoms with Gasteiger partial charge in [0.15, 0.2) is 11.5 Å². The van der Waals surface area contributed by atoms with Crippen molar-refractivity contribution < 1.29 is 14.2 Å². The summed E-state index contributed by atoms with van der Waals surface area (Å²) in [5.41, 5.74) is 0.0235. The molecule has 0 bridgehead atoms. The zero-order chi connectivity index (χ0) is 23.7. The predicted octanol–water partition coefficient (Wildman–Crippen LogP) is 5.30. The van der Waals surface area contributed by atoms with Gasteiger partial charge in [-0.15, -0.1) is 4.99 Å². The molecule has 0 saturated heterocycles. The van der Waals surface area contributed by atoms with Crippen molar-refractivity contribution in [2.24, 2.45) is 16.3 Å². The van der Waals surface area contributed by atoms with Crippen molar-refractivity contribution in [1.29, 1.82) is 5.26 Å². The van der Waals surface area contributed by atoms with Crippen LogP contribution in [0.4, 0.5) is 0 Å². The van der Waals surface area contributed by atoms with E-state index >= 15 is 0 Å². The Morgan fingerprint density at radius 1 is 1.21 bits per heavy atom. The molecule has 0 atom stereocenters. The molecule has 1 aliphatic rings. The van der Waals surface area contributed by atoms with Crippen LogP contribution in [0.25, 0.3) is 0 Å². The smallest absolute Gasteiger partial charge is 0.305 e. The topological polar surface area (TPSA) is 79.1 Å². The van der Waals surface area contributed by atoms with Crippen LogP contribution in [0.5, 0.6) is 17.2 Å². The lowest BCUT2D eigenvalue weighted by Gasteiger charge is -2.33. The summed E-state index contributed by atoms with van der Waals surface area (Å²) < 4.78 is 19.1. The fourth-order valence-corrected chi connectivity index (χ4v) is 4.81. The van der Waals surface area contributed by atoms with Crippen molar-refractivity contribution in [2.45, 2.75) is 39.0 Å². The summed E-state index contributed by atoms with van der Waals surface area (Å²) >= 11 is 1.75. The first-order valence-corrected chi connectivity index (χ1v) is 11.9. The Hall–Kier alpha value is -2.89. The molecule has 176 valence electrons. The highest BCUT2D eigenvalue weighted by Gasteiger charge is 2.24. The Kier molecular flexibility index (Phi) is 8.87.